The van der Waals surface area contributed by atoms with E-state index < -0.39 is 12.1 Å². The van der Waals surface area contributed by atoms with Crippen molar-refractivity contribution in [3.05, 3.63) is 35.4 Å². The second-order valence-corrected chi connectivity index (χ2v) is 3.39. The first-order chi connectivity index (χ1) is 7.17. The van der Waals surface area contributed by atoms with Gasteiger partial charge in [-0.05, 0) is 17.5 Å². The summed E-state index contributed by atoms with van der Waals surface area (Å²) in [6.07, 6.45) is 0.193. The summed E-state index contributed by atoms with van der Waals surface area (Å²) < 4.78 is 4.49. The van der Waals surface area contributed by atoms with E-state index in [1.165, 1.54) is 12.7 Å². The topological polar surface area (TPSA) is 46.5 Å². The average molecular weight is 208 g/mol. The van der Waals surface area contributed by atoms with Gasteiger partial charge in [-0.2, -0.15) is 0 Å². The standard InChI is InChI=1S/C12H16O3/c1-3-9-4-6-10(7-5-9)11(13)8-12(14)15-2/h4-7,11,13H,3,8H2,1-2H3/t11-/m1/s1. The van der Waals surface area contributed by atoms with Crippen LogP contribution < -0.4 is 0 Å². The quantitative estimate of drug-likeness (QED) is 0.768. The van der Waals surface area contributed by atoms with E-state index in [1.54, 1.807) is 0 Å². The highest BCUT2D eigenvalue weighted by Gasteiger charge is 2.12. The van der Waals surface area contributed by atoms with Crippen molar-refractivity contribution < 1.29 is 14.6 Å². The highest BCUT2D eigenvalue weighted by Crippen LogP contribution is 2.17. The molecule has 3 nitrogen and oxygen atoms in total. The highest BCUT2D eigenvalue weighted by molar-refractivity contribution is 5.70. The molecule has 0 spiro atoms. The van der Waals surface area contributed by atoms with E-state index >= 15 is 0 Å². The van der Waals surface area contributed by atoms with Gasteiger partial charge in [0.05, 0.1) is 19.6 Å². The molecule has 1 rings (SSSR count). The zero-order valence-corrected chi connectivity index (χ0v) is 9.06. The van der Waals surface area contributed by atoms with Crippen molar-refractivity contribution in [3.8, 4) is 0 Å². The SMILES string of the molecule is CCc1ccc([C@H](O)CC(=O)OC)cc1. The van der Waals surface area contributed by atoms with Gasteiger partial charge in [-0.3, -0.25) is 4.79 Å². The molecule has 3 heteroatoms. The van der Waals surface area contributed by atoms with Crippen molar-refractivity contribution >= 4 is 5.97 Å². The molecule has 0 fully saturated rings. The maximum atomic E-state index is 10.9. The number of methoxy groups -OCH3 is 1. The number of benzene rings is 1. The summed E-state index contributed by atoms with van der Waals surface area (Å²) in [4.78, 5) is 10.9. The Kier molecular flexibility index (Phi) is 4.31. The van der Waals surface area contributed by atoms with Crippen LogP contribution in [0.25, 0.3) is 0 Å². The van der Waals surface area contributed by atoms with Crippen LogP contribution in [0.2, 0.25) is 0 Å². The minimum atomic E-state index is -0.775. The molecular weight excluding hydrogens is 192 g/mol. The van der Waals surface area contributed by atoms with Gasteiger partial charge in [0, 0.05) is 0 Å². The Bertz CT molecular complexity index is 316. The third kappa shape index (κ3) is 3.36. The zero-order valence-electron chi connectivity index (χ0n) is 9.06. The summed E-state index contributed by atoms with van der Waals surface area (Å²) in [7, 11) is 1.31. The predicted octanol–water partition coefficient (Wildman–Crippen LogP) is 1.85. The molecule has 0 aliphatic carbocycles. The summed E-state index contributed by atoms with van der Waals surface area (Å²) in [6, 6.07) is 7.59. The largest absolute Gasteiger partial charge is 0.469 e. The first-order valence-corrected chi connectivity index (χ1v) is 5.01. The lowest BCUT2D eigenvalue weighted by Gasteiger charge is -2.09. The fourth-order valence-electron chi connectivity index (χ4n) is 1.33. The number of hydrogen-bond acceptors (Lipinski definition) is 3. The molecule has 0 aliphatic heterocycles. The van der Waals surface area contributed by atoms with Crippen LogP contribution in [0.3, 0.4) is 0 Å². The number of rotatable bonds is 4. The maximum absolute atomic E-state index is 10.9. The fourth-order valence-corrected chi connectivity index (χ4v) is 1.33. The number of carbonyl (C=O) groups is 1. The van der Waals surface area contributed by atoms with Crippen LogP contribution in [0.15, 0.2) is 24.3 Å². The van der Waals surface area contributed by atoms with Crippen molar-refractivity contribution in [2.75, 3.05) is 7.11 Å². The Balaban J connectivity index is 2.65. The molecule has 0 bridgehead atoms. The van der Waals surface area contributed by atoms with Gasteiger partial charge in [-0.1, -0.05) is 31.2 Å². The maximum Gasteiger partial charge on any atom is 0.308 e. The van der Waals surface area contributed by atoms with Crippen molar-refractivity contribution in [1.82, 2.24) is 0 Å². The summed E-state index contributed by atoms with van der Waals surface area (Å²) in [5, 5.41) is 9.68. The minimum Gasteiger partial charge on any atom is -0.469 e. The fraction of sp³-hybridized carbons (Fsp3) is 0.417. The third-order valence-electron chi connectivity index (χ3n) is 2.36. The molecule has 0 amide bonds. The number of esters is 1. The van der Waals surface area contributed by atoms with E-state index in [1.807, 2.05) is 24.3 Å². The third-order valence-corrected chi connectivity index (χ3v) is 2.36. The minimum absolute atomic E-state index is 0.00196. The molecule has 0 heterocycles. The van der Waals surface area contributed by atoms with Gasteiger partial charge in [-0.15, -0.1) is 0 Å². The van der Waals surface area contributed by atoms with E-state index in [-0.39, 0.29) is 6.42 Å². The van der Waals surface area contributed by atoms with Crippen LogP contribution in [-0.4, -0.2) is 18.2 Å². The lowest BCUT2D eigenvalue weighted by molar-refractivity contribution is -0.142. The van der Waals surface area contributed by atoms with E-state index in [0.717, 1.165) is 12.0 Å². The number of hydrogen-bond donors (Lipinski definition) is 1. The van der Waals surface area contributed by atoms with Crippen LogP contribution in [0.5, 0.6) is 0 Å². The van der Waals surface area contributed by atoms with Crippen LogP contribution in [0.4, 0.5) is 0 Å². The van der Waals surface area contributed by atoms with Crippen molar-refractivity contribution in [1.29, 1.82) is 0 Å². The Morgan fingerprint density at radius 2 is 2.00 bits per heavy atom. The lowest BCUT2D eigenvalue weighted by atomic mass is 10.0. The molecule has 0 aromatic heterocycles. The number of aryl methyl sites for hydroxylation is 1. The monoisotopic (exact) mass is 208 g/mol. The van der Waals surface area contributed by atoms with Gasteiger partial charge in [0.15, 0.2) is 0 Å². The summed E-state index contributed by atoms with van der Waals surface area (Å²) in [5.74, 6) is -0.401. The molecule has 0 saturated carbocycles. The van der Waals surface area contributed by atoms with Crippen molar-refractivity contribution in [2.45, 2.75) is 25.9 Å². The molecule has 0 radical (unpaired) electrons. The molecule has 0 saturated heterocycles. The zero-order chi connectivity index (χ0) is 11.3. The smallest absolute Gasteiger partial charge is 0.308 e. The normalized spacial score (nSPS) is 12.2. The van der Waals surface area contributed by atoms with Crippen molar-refractivity contribution in [2.24, 2.45) is 0 Å². The molecule has 15 heavy (non-hydrogen) atoms. The van der Waals surface area contributed by atoms with Gasteiger partial charge in [0.1, 0.15) is 0 Å². The van der Waals surface area contributed by atoms with Crippen molar-refractivity contribution in [3.63, 3.8) is 0 Å². The molecule has 1 N–H and O–H groups in total. The average Bonchev–Trinajstić information content (AvgIpc) is 2.29. The molecular formula is C12H16O3. The second kappa shape index (κ2) is 5.51. The van der Waals surface area contributed by atoms with Crippen LogP contribution in [0, 0.1) is 0 Å². The number of ether oxygens (including phenoxy) is 1. The van der Waals surface area contributed by atoms with Gasteiger partial charge in [-0.25, -0.2) is 0 Å². The summed E-state index contributed by atoms with van der Waals surface area (Å²) >= 11 is 0. The van der Waals surface area contributed by atoms with E-state index in [9.17, 15) is 9.90 Å². The predicted molar refractivity (Wildman–Crippen MR) is 57.4 cm³/mol. The Hall–Kier alpha value is -1.35. The van der Waals surface area contributed by atoms with E-state index in [4.69, 9.17) is 0 Å². The molecule has 1 atom stereocenters. The van der Waals surface area contributed by atoms with E-state index in [2.05, 4.69) is 11.7 Å². The highest BCUT2D eigenvalue weighted by atomic mass is 16.5. The second-order valence-electron chi connectivity index (χ2n) is 3.39. The molecule has 0 aliphatic rings. The van der Waals surface area contributed by atoms with Gasteiger partial charge >= 0.3 is 5.97 Å². The molecule has 0 unspecified atom stereocenters. The van der Waals surface area contributed by atoms with Crippen LogP contribution in [-0.2, 0) is 16.0 Å². The van der Waals surface area contributed by atoms with Crippen LogP contribution in [0.1, 0.15) is 30.6 Å². The summed E-state index contributed by atoms with van der Waals surface area (Å²) in [6.45, 7) is 2.07. The van der Waals surface area contributed by atoms with Gasteiger partial charge in [0.2, 0.25) is 0 Å². The molecule has 1 aromatic rings. The Labute approximate surface area is 89.7 Å². The van der Waals surface area contributed by atoms with Crippen LogP contribution >= 0.6 is 0 Å². The summed E-state index contributed by atoms with van der Waals surface area (Å²) in [5.41, 5.74) is 1.96. The lowest BCUT2D eigenvalue weighted by Crippen LogP contribution is -2.07. The van der Waals surface area contributed by atoms with E-state index in [0.29, 0.717) is 0 Å². The Morgan fingerprint density at radius 3 is 2.47 bits per heavy atom. The Morgan fingerprint density at radius 1 is 1.40 bits per heavy atom. The molecule has 1 aromatic carbocycles. The first kappa shape index (κ1) is 11.7. The number of aliphatic hydroxyl groups is 1. The molecule has 82 valence electrons. The van der Waals surface area contributed by atoms with Gasteiger partial charge < -0.3 is 9.84 Å². The number of aliphatic hydroxyl groups excluding tert-OH is 1. The number of carbonyl (C=O) groups excluding carboxylic acids is 1. The first-order valence-electron chi connectivity index (χ1n) is 5.01. The van der Waals surface area contributed by atoms with Gasteiger partial charge in [0.25, 0.3) is 0 Å².